The zero-order chi connectivity index (χ0) is 17.9. The standard InChI is InChI=1S/C13H8Cl2FN5O3/c1-24-12-6(14)3-2-5(10(12)16)7-4-8(19-21-17)9(15)11(18-7)13(22)20-23/h2-4H,1H3,(H2,17,18,19). The van der Waals surface area contributed by atoms with E-state index < -0.39 is 17.4 Å². The molecule has 0 fully saturated rings. The molecule has 0 bridgehead atoms. The number of nitrogens with two attached hydrogens (primary N) is 1. The monoisotopic (exact) mass is 371 g/mol. The van der Waals surface area contributed by atoms with Crippen molar-refractivity contribution in [1.29, 1.82) is 0 Å². The van der Waals surface area contributed by atoms with Crippen LogP contribution in [0.15, 0.2) is 33.7 Å². The maximum Gasteiger partial charge on any atom is 0.336 e. The number of aromatic nitrogens is 1. The molecule has 0 aliphatic carbocycles. The van der Waals surface area contributed by atoms with Crippen molar-refractivity contribution in [1.82, 2.24) is 4.98 Å². The number of carbonyl (C=O) groups excluding carboxylic acids is 1. The van der Waals surface area contributed by atoms with Crippen LogP contribution in [0.4, 0.5) is 10.1 Å². The molecular weight excluding hydrogens is 364 g/mol. The van der Waals surface area contributed by atoms with E-state index in [2.05, 4.69) is 20.5 Å². The predicted octanol–water partition coefficient (Wildman–Crippen LogP) is 4.07. The van der Waals surface area contributed by atoms with E-state index in [0.29, 0.717) is 0 Å². The Morgan fingerprint density at radius 2 is 2.08 bits per heavy atom. The summed E-state index contributed by atoms with van der Waals surface area (Å²) in [5, 5.41) is 8.56. The average Bonchev–Trinajstić information content (AvgIpc) is 2.57. The smallest absolute Gasteiger partial charge is 0.336 e. The van der Waals surface area contributed by atoms with E-state index >= 15 is 0 Å². The quantitative estimate of drug-likeness (QED) is 0.376. The molecule has 1 aromatic carbocycles. The minimum absolute atomic E-state index is 0.0421. The molecule has 1 aromatic heterocycles. The molecule has 0 aliphatic heterocycles. The Kier molecular flexibility index (Phi) is 5.37. The molecule has 1 amide bonds. The second kappa shape index (κ2) is 7.28. The topological polar surface area (TPSA) is 119 Å². The molecule has 2 rings (SSSR count). The first kappa shape index (κ1) is 17.7. The number of methoxy groups -OCH3 is 1. The molecule has 0 spiro atoms. The van der Waals surface area contributed by atoms with Gasteiger partial charge in [0, 0.05) is 10.7 Å². The van der Waals surface area contributed by atoms with Crippen LogP contribution in [0.25, 0.3) is 11.3 Å². The molecule has 0 radical (unpaired) electrons. The van der Waals surface area contributed by atoms with Gasteiger partial charge in [-0.1, -0.05) is 28.4 Å². The van der Waals surface area contributed by atoms with Gasteiger partial charge in [0.15, 0.2) is 17.3 Å². The summed E-state index contributed by atoms with van der Waals surface area (Å²) in [7, 11) is 1.24. The fourth-order valence-electron chi connectivity index (χ4n) is 1.89. The Labute approximate surface area is 144 Å². The normalized spacial score (nSPS) is 10.8. The van der Waals surface area contributed by atoms with Crippen LogP contribution in [0, 0.1) is 10.7 Å². The van der Waals surface area contributed by atoms with Gasteiger partial charge in [0.05, 0.1) is 22.8 Å². The highest BCUT2D eigenvalue weighted by atomic mass is 35.5. The Morgan fingerprint density at radius 3 is 2.67 bits per heavy atom. The Bertz CT molecular complexity index is 860. The predicted molar refractivity (Wildman–Crippen MR) is 85.0 cm³/mol. The van der Waals surface area contributed by atoms with E-state index in [0.717, 1.165) is 0 Å². The van der Waals surface area contributed by atoms with Crippen LogP contribution < -0.4 is 10.6 Å². The van der Waals surface area contributed by atoms with Crippen molar-refractivity contribution in [3.8, 4) is 17.0 Å². The van der Waals surface area contributed by atoms with Crippen molar-refractivity contribution < 1.29 is 13.9 Å². The zero-order valence-electron chi connectivity index (χ0n) is 12.0. The summed E-state index contributed by atoms with van der Waals surface area (Å²) in [5.74, 6) is 2.68. The number of rotatable bonds is 4. The van der Waals surface area contributed by atoms with Crippen LogP contribution in [0.3, 0.4) is 0 Å². The third-order valence-electron chi connectivity index (χ3n) is 2.92. The Hall–Kier alpha value is -2.65. The minimum Gasteiger partial charge on any atom is -0.492 e. The van der Waals surface area contributed by atoms with Gasteiger partial charge in [0.1, 0.15) is 5.69 Å². The molecule has 0 aliphatic rings. The maximum atomic E-state index is 14.5. The van der Waals surface area contributed by atoms with Crippen molar-refractivity contribution in [2.24, 2.45) is 21.4 Å². The van der Waals surface area contributed by atoms with Gasteiger partial charge in [-0.3, -0.25) is 4.79 Å². The van der Waals surface area contributed by atoms with Crippen LogP contribution in [-0.2, 0) is 0 Å². The van der Waals surface area contributed by atoms with E-state index in [1.54, 1.807) is 0 Å². The number of hydrogen-bond donors (Lipinski definition) is 1. The van der Waals surface area contributed by atoms with E-state index in [4.69, 9.17) is 33.8 Å². The van der Waals surface area contributed by atoms with Crippen LogP contribution in [0.1, 0.15) is 10.5 Å². The number of ether oxygens (including phenoxy) is 1. The molecular formula is C13H8Cl2FN5O3. The summed E-state index contributed by atoms with van der Waals surface area (Å²) in [6, 6.07) is 3.91. The number of nitrogens with zero attached hydrogens (tertiary/aromatic N) is 4. The molecule has 24 heavy (non-hydrogen) atoms. The molecule has 2 aromatic rings. The molecule has 0 saturated carbocycles. The summed E-state index contributed by atoms with van der Waals surface area (Å²) in [4.78, 5) is 25.9. The molecule has 2 N–H and O–H groups in total. The maximum absolute atomic E-state index is 14.5. The van der Waals surface area contributed by atoms with Crippen molar-refractivity contribution >= 4 is 34.8 Å². The first-order valence-corrected chi connectivity index (χ1v) is 6.91. The highest BCUT2D eigenvalue weighted by Gasteiger charge is 2.22. The van der Waals surface area contributed by atoms with E-state index in [-0.39, 0.29) is 32.7 Å². The summed E-state index contributed by atoms with van der Waals surface area (Å²) < 4.78 is 19.4. The Balaban J connectivity index is 2.78. The largest absolute Gasteiger partial charge is 0.492 e. The van der Waals surface area contributed by atoms with Crippen molar-refractivity contribution in [2.75, 3.05) is 7.11 Å². The van der Waals surface area contributed by atoms with Crippen molar-refractivity contribution in [3.05, 3.63) is 44.7 Å². The van der Waals surface area contributed by atoms with E-state index in [1.165, 1.54) is 25.3 Å². The minimum atomic E-state index is -1.25. The molecule has 0 atom stereocenters. The van der Waals surface area contributed by atoms with Crippen LogP contribution in [0.2, 0.25) is 10.0 Å². The average molecular weight is 372 g/mol. The van der Waals surface area contributed by atoms with Gasteiger partial charge < -0.3 is 10.6 Å². The lowest BCUT2D eigenvalue weighted by Crippen LogP contribution is -2.02. The fourth-order valence-corrected chi connectivity index (χ4v) is 2.33. The van der Waals surface area contributed by atoms with Crippen LogP contribution >= 0.6 is 23.2 Å². The second-order valence-electron chi connectivity index (χ2n) is 4.24. The number of pyridine rings is 1. The van der Waals surface area contributed by atoms with Gasteiger partial charge in [0.25, 0.3) is 0 Å². The van der Waals surface area contributed by atoms with Gasteiger partial charge in [-0.05, 0) is 18.2 Å². The molecule has 0 saturated heterocycles. The number of benzene rings is 1. The van der Waals surface area contributed by atoms with E-state index in [1.807, 2.05) is 0 Å². The third kappa shape index (κ3) is 3.17. The molecule has 1 heterocycles. The summed E-state index contributed by atoms with van der Waals surface area (Å²) in [5.41, 5.74) is -0.744. The van der Waals surface area contributed by atoms with Gasteiger partial charge in [-0.2, -0.15) is 0 Å². The third-order valence-corrected chi connectivity index (χ3v) is 3.59. The molecule has 11 heteroatoms. The first-order chi connectivity index (χ1) is 11.4. The zero-order valence-corrected chi connectivity index (χ0v) is 13.5. The lowest BCUT2D eigenvalue weighted by molar-refractivity contribution is 0.0996. The summed E-state index contributed by atoms with van der Waals surface area (Å²) >= 11 is 11.7. The Morgan fingerprint density at radius 1 is 1.38 bits per heavy atom. The number of amides is 1. The van der Waals surface area contributed by atoms with Crippen LogP contribution in [-0.4, -0.2) is 18.0 Å². The molecule has 0 unspecified atom stereocenters. The van der Waals surface area contributed by atoms with Gasteiger partial charge in [-0.15, -0.1) is 10.0 Å². The van der Waals surface area contributed by atoms with E-state index in [9.17, 15) is 14.1 Å². The number of halogens is 3. The van der Waals surface area contributed by atoms with Crippen molar-refractivity contribution in [3.63, 3.8) is 0 Å². The lowest BCUT2D eigenvalue weighted by atomic mass is 10.1. The molecule has 8 nitrogen and oxygen atoms in total. The first-order valence-electron chi connectivity index (χ1n) is 6.16. The summed E-state index contributed by atoms with van der Waals surface area (Å²) in [6.07, 6.45) is 0. The SMILES string of the molecule is COc1c(Cl)ccc(-c2cc(N=NN)c(Cl)c(C(=O)N=O)n2)c1F. The van der Waals surface area contributed by atoms with Gasteiger partial charge in [-0.25, -0.2) is 9.37 Å². The number of carbonyl (C=O) groups is 1. The van der Waals surface area contributed by atoms with Gasteiger partial charge >= 0.3 is 5.91 Å². The second-order valence-corrected chi connectivity index (χ2v) is 5.03. The highest BCUT2D eigenvalue weighted by molar-refractivity contribution is 6.36. The fraction of sp³-hybridized carbons (Fsp3) is 0.0769. The number of nitroso groups, excluding NO2 is 1. The lowest BCUT2D eigenvalue weighted by Gasteiger charge is -2.10. The van der Waals surface area contributed by atoms with Crippen molar-refractivity contribution in [2.45, 2.75) is 0 Å². The highest BCUT2D eigenvalue weighted by Crippen LogP contribution is 2.37. The van der Waals surface area contributed by atoms with Gasteiger partial charge in [0.2, 0.25) is 0 Å². The van der Waals surface area contributed by atoms with Crippen LogP contribution in [0.5, 0.6) is 5.75 Å². The summed E-state index contributed by atoms with van der Waals surface area (Å²) in [6.45, 7) is 0. The molecule has 124 valence electrons. The number of hydrogen-bond acceptors (Lipinski definition) is 6.